The summed E-state index contributed by atoms with van der Waals surface area (Å²) in [4.78, 5) is 24.3. The van der Waals surface area contributed by atoms with Crippen LogP contribution in [0, 0.1) is 0 Å². The number of rotatable bonds is 6. The van der Waals surface area contributed by atoms with Gasteiger partial charge in [-0.3, -0.25) is 9.59 Å². The van der Waals surface area contributed by atoms with E-state index < -0.39 is 30.1 Å². The molecule has 1 aromatic carbocycles. The van der Waals surface area contributed by atoms with E-state index in [1.165, 1.54) is 6.07 Å². The number of amides is 2. The van der Waals surface area contributed by atoms with Crippen molar-refractivity contribution in [3.8, 4) is 0 Å². The molecule has 0 saturated carbocycles. The van der Waals surface area contributed by atoms with Gasteiger partial charge in [0.05, 0.1) is 11.3 Å². The average Bonchev–Trinajstić information content (AvgIpc) is 2.44. The fraction of sp³-hybridized carbons (Fsp3) is 0.467. The van der Waals surface area contributed by atoms with Crippen LogP contribution in [0.15, 0.2) is 18.2 Å². The molecule has 0 spiro atoms. The first kappa shape index (κ1) is 19.3. The zero-order chi connectivity index (χ0) is 17.6. The van der Waals surface area contributed by atoms with Gasteiger partial charge in [0, 0.05) is 18.5 Å². The number of unbranched alkanes of at least 4 members (excludes halogenated alkanes) is 1. The zero-order valence-electron chi connectivity index (χ0n) is 12.8. The second-order valence-corrected chi connectivity index (χ2v) is 5.40. The highest BCUT2D eigenvalue weighted by Gasteiger charge is 2.36. The summed E-state index contributed by atoms with van der Waals surface area (Å²) in [6.45, 7) is 2.98. The maximum atomic E-state index is 13.1. The van der Waals surface area contributed by atoms with Gasteiger partial charge in [-0.15, -0.1) is 0 Å². The molecule has 1 aromatic rings. The van der Waals surface area contributed by atoms with Gasteiger partial charge in [-0.1, -0.05) is 24.9 Å². The second kappa shape index (κ2) is 8.19. The van der Waals surface area contributed by atoms with E-state index in [0.717, 1.165) is 36.8 Å². The molecule has 2 amide bonds. The number of nitrogens with zero attached hydrogens (tertiary/aromatic N) is 1. The van der Waals surface area contributed by atoms with E-state index in [2.05, 4.69) is 5.32 Å². The smallest absolute Gasteiger partial charge is 0.355 e. The van der Waals surface area contributed by atoms with Crippen molar-refractivity contribution < 1.29 is 22.8 Å². The largest absolute Gasteiger partial charge is 0.418 e. The molecule has 0 aromatic heterocycles. The first-order chi connectivity index (χ1) is 10.7. The van der Waals surface area contributed by atoms with Gasteiger partial charge in [0.15, 0.2) is 0 Å². The standard InChI is InChI=1S/C15H18ClF3N2O2/c1-3-4-7-20-14(23)9-21(10(2)22)13-6-5-11(16)8-12(13)15(17,18)19/h5-6,8H,3-4,7,9H2,1-2H3,(H,20,23). The number of carbonyl (C=O) groups excluding carboxylic acids is 2. The molecule has 1 N–H and O–H groups in total. The van der Waals surface area contributed by atoms with Crippen molar-refractivity contribution >= 4 is 29.1 Å². The minimum atomic E-state index is -4.69. The molecule has 0 heterocycles. The van der Waals surface area contributed by atoms with Crippen molar-refractivity contribution in [2.45, 2.75) is 32.9 Å². The van der Waals surface area contributed by atoms with E-state index in [4.69, 9.17) is 11.6 Å². The lowest BCUT2D eigenvalue weighted by atomic mass is 10.1. The minimum absolute atomic E-state index is 0.100. The van der Waals surface area contributed by atoms with E-state index >= 15 is 0 Å². The lowest BCUT2D eigenvalue weighted by Crippen LogP contribution is -2.41. The van der Waals surface area contributed by atoms with Crippen LogP contribution in [0.25, 0.3) is 0 Å². The predicted molar refractivity (Wildman–Crippen MR) is 82.4 cm³/mol. The molecule has 4 nitrogen and oxygen atoms in total. The van der Waals surface area contributed by atoms with Crippen molar-refractivity contribution in [3.05, 3.63) is 28.8 Å². The second-order valence-electron chi connectivity index (χ2n) is 4.97. The Kier molecular flexibility index (Phi) is 6.87. The van der Waals surface area contributed by atoms with Crippen LogP contribution in [-0.4, -0.2) is 24.9 Å². The zero-order valence-corrected chi connectivity index (χ0v) is 13.6. The number of benzene rings is 1. The molecule has 0 saturated heterocycles. The summed E-state index contributed by atoms with van der Waals surface area (Å²) < 4.78 is 39.4. The predicted octanol–water partition coefficient (Wildman–Crippen LogP) is 3.63. The van der Waals surface area contributed by atoms with Gasteiger partial charge < -0.3 is 10.2 Å². The van der Waals surface area contributed by atoms with Gasteiger partial charge in [-0.25, -0.2) is 0 Å². The Balaban J connectivity index is 3.07. The molecular formula is C15H18ClF3N2O2. The van der Waals surface area contributed by atoms with Gasteiger partial charge in [0.1, 0.15) is 6.54 Å². The molecule has 0 atom stereocenters. The van der Waals surface area contributed by atoms with Crippen molar-refractivity contribution in [3.63, 3.8) is 0 Å². The minimum Gasteiger partial charge on any atom is -0.355 e. The molecule has 0 aliphatic rings. The van der Waals surface area contributed by atoms with Crippen molar-refractivity contribution in [2.75, 3.05) is 18.0 Å². The molecule has 23 heavy (non-hydrogen) atoms. The molecule has 0 aliphatic carbocycles. The Labute approximate surface area is 137 Å². The molecule has 0 unspecified atom stereocenters. The highest BCUT2D eigenvalue weighted by molar-refractivity contribution is 6.30. The van der Waals surface area contributed by atoms with E-state index in [1.807, 2.05) is 6.92 Å². The van der Waals surface area contributed by atoms with E-state index in [0.29, 0.717) is 6.54 Å². The van der Waals surface area contributed by atoms with Crippen LogP contribution in [0.3, 0.4) is 0 Å². The van der Waals surface area contributed by atoms with Crippen LogP contribution in [0.4, 0.5) is 18.9 Å². The fourth-order valence-electron chi connectivity index (χ4n) is 1.94. The van der Waals surface area contributed by atoms with Gasteiger partial charge in [-0.2, -0.15) is 13.2 Å². The summed E-state index contributed by atoms with van der Waals surface area (Å²) in [6.07, 6.45) is -3.07. The van der Waals surface area contributed by atoms with Crippen molar-refractivity contribution in [1.82, 2.24) is 5.32 Å². The summed E-state index contributed by atoms with van der Waals surface area (Å²) in [5, 5.41) is 2.47. The maximum absolute atomic E-state index is 13.1. The highest BCUT2D eigenvalue weighted by atomic mass is 35.5. The normalized spacial score (nSPS) is 11.2. The highest BCUT2D eigenvalue weighted by Crippen LogP contribution is 2.38. The molecule has 8 heteroatoms. The summed E-state index contributed by atoms with van der Waals surface area (Å²) in [7, 11) is 0. The average molecular weight is 351 g/mol. The van der Waals surface area contributed by atoms with Gasteiger partial charge in [0.25, 0.3) is 0 Å². The van der Waals surface area contributed by atoms with Gasteiger partial charge >= 0.3 is 6.18 Å². The Morgan fingerprint density at radius 3 is 2.48 bits per heavy atom. The number of alkyl halides is 3. The fourth-order valence-corrected chi connectivity index (χ4v) is 2.11. The maximum Gasteiger partial charge on any atom is 0.418 e. The Morgan fingerprint density at radius 2 is 1.96 bits per heavy atom. The number of hydrogen-bond acceptors (Lipinski definition) is 2. The van der Waals surface area contributed by atoms with Crippen LogP contribution >= 0.6 is 11.6 Å². The lowest BCUT2D eigenvalue weighted by molar-refractivity contribution is -0.137. The van der Waals surface area contributed by atoms with Gasteiger partial charge in [0.2, 0.25) is 11.8 Å². The third-order valence-corrected chi connectivity index (χ3v) is 3.32. The number of nitrogens with one attached hydrogen (secondary N) is 1. The van der Waals surface area contributed by atoms with Crippen LogP contribution in [0.1, 0.15) is 32.3 Å². The van der Waals surface area contributed by atoms with E-state index in [-0.39, 0.29) is 10.7 Å². The van der Waals surface area contributed by atoms with Crippen molar-refractivity contribution in [2.24, 2.45) is 0 Å². The number of hydrogen-bond donors (Lipinski definition) is 1. The number of halogens is 4. The van der Waals surface area contributed by atoms with Crippen LogP contribution in [0.5, 0.6) is 0 Å². The summed E-state index contributed by atoms with van der Waals surface area (Å²) in [5.74, 6) is -1.18. The number of anilines is 1. The van der Waals surface area contributed by atoms with Crippen LogP contribution in [0.2, 0.25) is 5.02 Å². The number of carbonyl (C=O) groups is 2. The van der Waals surface area contributed by atoms with Gasteiger partial charge in [-0.05, 0) is 24.6 Å². The molecule has 0 aliphatic heterocycles. The first-order valence-corrected chi connectivity index (χ1v) is 7.46. The molecular weight excluding hydrogens is 333 g/mol. The van der Waals surface area contributed by atoms with E-state index in [9.17, 15) is 22.8 Å². The third kappa shape index (κ3) is 5.74. The summed E-state index contributed by atoms with van der Waals surface area (Å²) >= 11 is 5.61. The molecule has 1 rings (SSSR count). The molecule has 0 bridgehead atoms. The lowest BCUT2D eigenvalue weighted by Gasteiger charge is -2.24. The molecule has 0 fully saturated rings. The van der Waals surface area contributed by atoms with E-state index in [1.54, 1.807) is 0 Å². The monoisotopic (exact) mass is 350 g/mol. The Morgan fingerprint density at radius 1 is 1.30 bits per heavy atom. The summed E-state index contributed by atoms with van der Waals surface area (Å²) in [5.41, 5.74) is -1.44. The SMILES string of the molecule is CCCCNC(=O)CN(C(C)=O)c1ccc(Cl)cc1C(F)(F)F. The molecule has 128 valence electrons. The quantitative estimate of drug-likeness (QED) is 0.796. The molecule has 0 radical (unpaired) electrons. The topological polar surface area (TPSA) is 49.4 Å². The Hall–Kier alpha value is -1.76. The van der Waals surface area contributed by atoms with Crippen LogP contribution < -0.4 is 10.2 Å². The summed E-state index contributed by atoms with van der Waals surface area (Å²) in [6, 6.07) is 3.07. The van der Waals surface area contributed by atoms with Crippen molar-refractivity contribution in [1.29, 1.82) is 0 Å². The Bertz CT molecular complexity index is 576. The third-order valence-electron chi connectivity index (χ3n) is 3.09. The first-order valence-electron chi connectivity index (χ1n) is 7.08. The van der Waals surface area contributed by atoms with Crippen LogP contribution in [-0.2, 0) is 15.8 Å².